The Morgan fingerprint density at radius 3 is 2.39 bits per heavy atom. The van der Waals surface area contributed by atoms with E-state index in [4.69, 9.17) is 4.74 Å². The summed E-state index contributed by atoms with van der Waals surface area (Å²) >= 11 is 0. The lowest BCUT2D eigenvalue weighted by molar-refractivity contribution is 0.0666. The topological polar surface area (TPSA) is 21.3 Å². The first-order chi connectivity index (χ1) is 8.83. The van der Waals surface area contributed by atoms with Crippen LogP contribution in [0.5, 0.6) is 0 Å². The molecule has 0 amide bonds. The summed E-state index contributed by atoms with van der Waals surface area (Å²) in [4.78, 5) is 0. The van der Waals surface area contributed by atoms with E-state index in [1.54, 1.807) is 7.11 Å². The molecule has 0 aromatic heterocycles. The van der Waals surface area contributed by atoms with Gasteiger partial charge in [0.2, 0.25) is 0 Å². The average molecular weight is 249 g/mol. The summed E-state index contributed by atoms with van der Waals surface area (Å²) in [6, 6.07) is 10.9. The minimum atomic E-state index is 0.151. The van der Waals surface area contributed by atoms with Crippen LogP contribution in [0.1, 0.15) is 50.7 Å². The van der Waals surface area contributed by atoms with Crippen LogP contribution >= 0.6 is 0 Å². The van der Waals surface area contributed by atoms with E-state index in [0.29, 0.717) is 6.04 Å². The molecule has 0 spiro atoms. The SMILES string of the molecule is CCCCCCC(NC)C(OC)c1ccccc1. The molecule has 0 aliphatic carbocycles. The number of methoxy groups -OCH3 is 1. The summed E-state index contributed by atoms with van der Waals surface area (Å²) in [7, 11) is 3.83. The fourth-order valence-electron chi connectivity index (χ4n) is 2.41. The molecule has 18 heavy (non-hydrogen) atoms. The molecule has 0 saturated heterocycles. The van der Waals surface area contributed by atoms with Gasteiger partial charge in [0.1, 0.15) is 0 Å². The molecule has 1 aromatic carbocycles. The van der Waals surface area contributed by atoms with Crippen molar-refractivity contribution >= 4 is 0 Å². The molecule has 2 atom stereocenters. The van der Waals surface area contributed by atoms with E-state index in [1.807, 2.05) is 13.1 Å². The minimum Gasteiger partial charge on any atom is -0.375 e. The smallest absolute Gasteiger partial charge is 0.0973 e. The van der Waals surface area contributed by atoms with Gasteiger partial charge < -0.3 is 10.1 Å². The number of unbranched alkanes of at least 4 members (excludes halogenated alkanes) is 3. The van der Waals surface area contributed by atoms with Crippen molar-refractivity contribution in [2.24, 2.45) is 0 Å². The van der Waals surface area contributed by atoms with Gasteiger partial charge in [-0.2, -0.15) is 0 Å². The molecule has 2 heteroatoms. The molecule has 1 aromatic rings. The highest BCUT2D eigenvalue weighted by Gasteiger charge is 2.20. The zero-order valence-corrected chi connectivity index (χ0v) is 12.0. The standard InChI is InChI=1S/C16H27NO/c1-4-5-6-10-13-15(17-2)16(18-3)14-11-8-7-9-12-14/h7-9,11-12,15-17H,4-6,10,13H2,1-3H3. The molecular weight excluding hydrogens is 222 g/mol. The zero-order valence-electron chi connectivity index (χ0n) is 12.0. The number of likely N-dealkylation sites (N-methyl/N-ethyl adjacent to an activating group) is 1. The Balaban J connectivity index is 2.55. The van der Waals surface area contributed by atoms with E-state index in [1.165, 1.54) is 37.7 Å². The maximum atomic E-state index is 5.68. The van der Waals surface area contributed by atoms with Crippen LogP contribution in [0.3, 0.4) is 0 Å². The molecule has 0 bridgehead atoms. The predicted octanol–water partition coefficient (Wildman–Crippen LogP) is 3.93. The fraction of sp³-hybridized carbons (Fsp3) is 0.625. The maximum absolute atomic E-state index is 5.68. The molecule has 0 radical (unpaired) electrons. The van der Waals surface area contributed by atoms with E-state index in [9.17, 15) is 0 Å². The van der Waals surface area contributed by atoms with Gasteiger partial charge in [0.05, 0.1) is 6.10 Å². The molecular formula is C16H27NO. The lowest BCUT2D eigenvalue weighted by Gasteiger charge is -2.26. The second-order valence-corrected chi connectivity index (χ2v) is 4.81. The van der Waals surface area contributed by atoms with E-state index in [2.05, 4.69) is 36.5 Å². The highest BCUT2D eigenvalue weighted by atomic mass is 16.5. The van der Waals surface area contributed by atoms with E-state index in [-0.39, 0.29) is 6.10 Å². The Morgan fingerprint density at radius 1 is 1.11 bits per heavy atom. The van der Waals surface area contributed by atoms with E-state index >= 15 is 0 Å². The summed E-state index contributed by atoms with van der Waals surface area (Å²) in [6.45, 7) is 2.25. The van der Waals surface area contributed by atoms with Crippen molar-refractivity contribution in [3.63, 3.8) is 0 Å². The van der Waals surface area contributed by atoms with Crippen LogP contribution in [-0.4, -0.2) is 20.2 Å². The maximum Gasteiger partial charge on any atom is 0.0973 e. The molecule has 0 saturated carbocycles. The van der Waals surface area contributed by atoms with Gasteiger partial charge in [-0.25, -0.2) is 0 Å². The molecule has 0 aliphatic heterocycles. The highest BCUT2D eigenvalue weighted by Crippen LogP contribution is 2.23. The first kappa shape index (κ1) is 15.2. The van der Waals surface area contributed by atoms with Crippen molar-refractivity contribution in [3.05, 3.63) is 35.9 Å². The van der Waals surface area contributed by atoms with Gasteiger partial charge in [-0.05, 0) is 19.0 Å². The summed E-state index contributed by atoms with van der Waals surface area (Å²) in [6.07, 6.45) is 6.53. The third kappa shape index (κ3) is 4.79. The van der Waals surface area contributed by atoms with Crippen LogP contribution in [0.25, 0.3) is 0 Å². The van der Waals surface area contributed by atoms with Crippen molar-refractivity contribution in [3.8, 4) is 0 Å². The van der Waals surface area contributed by atoms with Gasteiger partial charge in [-0.3, -0.25) is 0 Å². The monoisotopic (exact) mass is 249 g/mol. The molecule has 0 heterocycles. The lowest BCUT2D eigenvalue weighted by Crippen LogP contribution is -2.33. The quantitative estimate of drug-likeness (QED) is 0.669. The Bertz CT molecular complexity index is 299. The van der Waals surface area contributed by atoms with Crippen LogP contribution < -0.4 is 5.32 Å². The van der Waals surface area contributed by atoms with Gasteiger partial charge in [0, 0.05) is 13.2 Å². The van der Waals surface area contributed by atoms with Gasteiger partial charge in [-0.1, -0.05) is 62.9 Å². The Kier molecular flexibility index (Phi) is 7.70. The second kappa shape index (κ2) is 9.12. The van der Waals surface area contributed by atoms with Gasteiger partial charge in [0.25, 0.3) is 0 Å². The van der Waals surface area contributed by atoms with Crippen molar-refractivity contribution in [2.75, 3.05) is 14.2 Å². The third-order valence-corrected chi connectivity index (χ3v) is 3.49. The first-order valence-electron chi connectivity index (χ1n) is 7.08. The van der Waals surface area contributed by atoms with Crippen molar-refractivity contribution < 1.29 is 4.74 Å². The Morgan fingerprint density at radius 2 is 1.83 bits per heavy atom. The number of hydrogen-bond donors (Lipinski definition) is 1. The summed E-state index contributed by atoms with van der Waals surface area (Å²) in [5.41, 5.74) is 1.26. The van der Waals surface area contributed by atoms with Crippen molar-refractivity contribution in [2.45, 2.75) is 51.2 Å². The molecule has 2 unspecified atom stereocenters. The van der Waals surface area contributed by atoms with Gasteiger partial charge in [0.15, 0.2) is 0 Å². The van der Waals surface area contributed by atoms with Crippen molar-refractivity contribution in [1.29, 1.82) is 0 Å². The fourth-order valence-corrected chi connectivity index (χ4v) is 2.41. The summed E-state index contributed by atoms with van der Waals surface area (Å²) in [5, 5.41) is 3.40. The Labute approximate surface area is 112 Å². The molecule has 0 aliphatic rings. The Hall–Kier alpha value is -0.860. The number of nitrogens with one attached hydrogen (secondary N) is 1. The minimum absolute atomic E-state index is 0.151. The predicted molar refractivity (Wildman–Crippen MR) is 77.8 cm³/mol. The number of hydrogen-bond acceptors (Lipinski definition) is 2. The normalized spacial score (nSPS) is 14.4. The van der Waals surface area contributed by atoms with E-state index in [0.717, 1.165) is 0 Å². The van der Waals surface area contributed by atoms with Crippen LogP contribution in [0.2, 0.25) is 0 Å². The largest absolute Gasteiger partial charge is 0.375 e. The van der Waals surface area contributed by atoms with Crippen LogP contribution in [-0.2, 0) is 4.74 Å². The molecule has 0 fully saturated rings. The van der Waals surface area contributed by atoms with Gasteiger partial charge >= 0.3 is 0 Å². The molecule has 1 rings (SSSR count). The molecule has 102 valence electrons. The number of ether oxygens (including phenoxy) is 1. The van der Waals surface area contributed by atoms with Crippen LogP contribution in [0.4, 0.5) is 0 Å². The number of rotatable bonds is 9. The lowest BCUT2D eigenvalue weighted by atomic mass is 9.97. The third-order valence-electron chi connectivity index (χ3n) is 3.49. The molecule has 2 nitrogen and oxygen atoms in total. The average Bonchev–Trinajstić information content (AvgIpc) is 2.43. The van der Waals surface area contributed by atoms with Crippen LogP contribution in [0.15, 0.2) is 30.3 Å². The summed E-state index contributed by atoms with van der Waals surface area (Å²) in [5.74, 6) is 0. The van der Waals surface area contributed by atoms with Crippen LogP contribution in [0, 0.1) is 0 Å². The second-order valence-electron chi connectivity index (χ2n) is 4.81. The first-order valence-corrected chi connectivity index (χ1v) is 7.08. The molecule has 1 N–H and O–H groups in total. The van der Waals surface area contributed by atoms with E-state index < -0.39 is 0 Å². The number of benzene rings is 1. The van der Waals surface area contributed by atoms with Gasteiger partial charge in [-0.15, -0.1) is 0 Å². The summed E-state index contributed by atoms with van der Waals surface area (Å²) < 4.78 is 5.68. The highest BCUT2D eigenvalue weighted by molar-refractivity contribution is 5.19. The zero-order chi connectivity index (χ0) is 13.2. The van der Waals surface area contributed by atoms with Crippen molar-refractivity contribution in [1.82, 2.24) is 5.32 Å².